The maximum atomic E-state index is 12.6. The van der Waals surface area contributed by atoms with Gasteiger partial charge in [0.05, 0.1) is 11.1 Å². The van der Waals surface area contributed by atoms with Crippen molar-refractivity contribution in [2.24, 2.45) is 0 Å². The SMILES string of the molecule is CSc1ncccc1C(=O)Nc1cccc(C(F)(F)F)c1. The molecule has 0 bridgehead atoms. The van der Waals surface area contributed by atoms with Gasteiger partial charge in [0, 0.05) is 11.9 Å². The number of pyridine rings is 1. The minimum Gasteiger partial charge on any atom is -0.322 e. The number of aromatic nitrogens is 1. The summed E-state index contributed by atoms with van der Waals surface area (Å²) in [4.78, 5) is 16.1. The third-order valence-electron chi connectivity index (χ3n) is 2.66. The molecule has 21 heavy (non-hydrogen) atoms. The highest BCUT2D eigenvalue weighted by Crippen LogP contribution is 2.30. The van der Waals surface area contributed by atoms with Crippen LogP contribution in [-0.2, 0) is 6.18 Å². The summed E-state index contributed by atoms with van der Waals surface area (Å²) in [5.41, 5.74) is -0.398. The Morgan fingerprint density at radius 3 is 2.67 bits per heavy atom. The fourth-order valence-corrected chi connectivity index (χ4v) is 2.24. The molecule has 0 saturated heterocycles. The average molecular weight is 312 g/mol. The maximum Gasteiger partial charge on any atom is 0.416 e. The lowest BCUT2D eigenvalue weighted by molar-refractivity contribution is -0.137. The number of carbonyl (C=O) groups excluding carboxylic acids is 1. The standard InChI is InChI=1S/C14H11F3N2OS/c1-21-13-11(6-3-7-18-13)12(20)19-10-5-2-4-9(8-10)14(15,16)17/h2-8H,1H3,(H,19,20). The van der Waals surface area contributed by atoms with E-state index in [2.05, 4.69) is 10.3 Å². The number of carbonyl (C=O) groups is 1. The fourth-order valence-electron chi connectivity index (χ4n) is 1.70. The number of halogens is 3. The van der Waals surface area contributed by atoms with E-state index in [0.717, 1.165) is 12.1 Å². The summed E-state index contributed by atoms with van der Waals surface area (Å²) in [5.74, 6) is -0.494. The molecule has 2 rings (SSSR count). The molecule has 1 heterocycles. The van der Waals surface area contributed by atoms with Crippen molar-refractivity contribution in [2.45, 2.75) is 11.2 Å². The van der Waals surface area contributed by atoms with E-state index in [-0.39, 0.29) is 5.69 Å². The minimum atomic E-state index is -4.44. The molecule has 1 aromatic heterocycles. The van der Waals surface area contributed by atoms with Crippen molar-refractivity contribution in [3.8, 4) is 0 Å². The third kappa shape index (κ3) is 3.75. The van der Waals surface area contributed by atoms with Gasteiger partial charge < -0.3 is 5.32 Å². The first kappa shape index (κ1) is 15.4. The van der Waals surface area contributed by atoms with Gasteiger partial charge in [-0.25, -0.2) is 4.98 Å². The molecular weight excluding hydrogens is 301 g/mol. The normalized spacial score (nSPS) is 11.2. The summed E-state index contributed by atoms with van der Waals surface area (Å²) in [6, 6.07) is 7.67. The van der Waals surface area contributed by atoms with Gasteiger partial charge in [-0.1, -0.05) is 6.07 Å². The topological polar surface area (TPSA) is 42.0 Å². The molecule has 0 aliphatic heterocycles. The summed E-state index contributed by atoms with van der Waals surface area (Å²) in [7, 11) is 0. The Balaban J connectivity index is 2.24. The van der Waals surface area contributed by atoms with Crippen molar-refractivity contribution in [2.75, 3.05) is 11.6 Å². The molecule has 2 aromatic rings. The smallest absolute Gasteiger partial charge is 0.322 e. The van der Waals surface area contributed by atoms with Crippen LogP contribution in [0.2, 0.25) is 0 Å². The quantitative estimate of drug-likeness (QED) is 0.869. The number of nitrogens with one attached hydrogen (secondary N) is 1. The van der Waals surface area contributed by atoms with Crippen molar-refractivity contribution in [3.63, 3.8) is 0 Å². The average Bonchev–Trinajstić information content (AvgIpc) is 2.46. The lowest BCUT2D eigenvalue weighted by Crippen LogP contribution is -2.14. The van der Waals surface area contributed by atoms with Crippen molar-refractivity contribution in [1.29, 1.82) is 0 Å². The molecule has 0 aliphatic rings. The van der Waals surface area contributed by atoms with Crippen LogP contribution in [0.4, 0.5) is 18.9 Å². The Morgan fingerprint density at radius 1 is 1.24 bits per heavy atom. The van der Waals surface area contributed by atoms with Gasteiger partial charge in [-0.3, -0.25) is 4.79 Å². The third-order valence-corrected chi connectivity index (χ3v) is 3.37. The lowest BCUT2D eigenvalue weighted by atomic mass is 10.2. The first-order valence-electron chi connectivity index (χ1n) is 5.89. The number of hydrogen-bond donors (Lipinski definition) is 1. The zero-order valence-corrected chi connectivity index (χ0v) is 11.8. The van der Waals surface area contributed by atoms with Gasteiger partial charge in [-0.15, -0.1) is 11.8 Å². The molecular formula is C14H11F3N2OS. The Morgan fingerprint density at radius 2 is 2.00 bits per heavy atom. The predicted molar refractivity (Wildman–Crippen MR) is 75.4 cm³/mol. The number of nitrogens with zero attached hydrogens (tertiary/aromatic N) is 1. The van der Waals surface area contributed by atoms with Crippen LogP contribution in [0.25, 0.3) is 0 Å². The second-order valence-corrected chi connectivity index (χ2v) is 4.89. The van der Waals surface area contributed by atoms with Crippen molar-refractivity contribution in [3.05, 3.63) is 53.7 Å². The number of amides is 1. The number of hydrogen-bond acceptors (Lipinski definition) is 3. The zero-order valence-electron chi connectivity index (χ0n) is 10.9. The summed E-state index contributed by atoms with van der Waals surface area (Å²) >= 11 is 1.29. The van der Waals surface area contributed by atoms with E-state index in [0.29, 0.717) is 10.6 Å². The van der Waals surface area contributed by atoms with Crippen LogP contribution in [-0.4, -0.2) is 17.1 Å². The van der Waals surface area contributed by atoms with Crippen molar-refractivity contribution in [1.82, 2.24) is 4.98 Å². The maximum absolute atomic E-state index is 12.6. The van der Waals surface area contributed by atoms with Crippen LogP contribution >= 0.6 is 11.8 Å². The molecule has 0 spiro atoms. The van der Waals surface area contributed by atoms with Gasteiger partial charge in [0.15, 0.2) is 0 Å². The summed E-state index contributed by atoms with van der Waals surface area (Å²) < 4.78 is 37.9. The summed E-state index contributed by atoms with van der Waals surface area (Å²) in [6.45, 7) is 0. The van der Waals surface area contributed by atoms with Crippen LogP contribution in [0, 0.1) is 0 Å². The number of thioether (sulfide) groups is 1. The molecule has 0 aliphatic carbocycles. The Kier molecular flexibility index (Phi) is 4.52. The monoisotopic (exact) mass is 312 g/mol. The van der Waals surface area contributed by atoms with Crippen LogP contribution in [0.5, 0.6) is 0 Å². The highest BCUT2D eigenvalue weighted by atomic mass is 32.2. The van der Waals surface area contributed by atoms with E-state index in [9.17, 15) is 18.0 Å². The van der Waals surface area contributed by atoms with Crippen LogP contribution in [0.1, 0.15) is 15.9 Å². The number of anilines is 1. The first-order chi connectivity index (χ1) is 9.91. The Bertz CT molecular complexity index is 659. The Labute approximate surface area is 123 Å². The number of rotatable bonds is 3. The van der Waals surface area contributed by atoms with E-state index >= 15 is 0 Å². The van der Waals surface area contributed by atoms with Gasteiger partial charge in [-0.2, -0.15) is 13.2 Å². The van der Waals surface area contributed by atoms with Gasteiger partial charge in [-0.05, 0) is 36.6 Å². The highest BCUT2D eigenvalue weighted by molar-refractivity contribution is 7.98. The van der Waals surface area contributed by atoms with Gasteiger partial charge in [0.1, 0.15) is 5.03 Å². The van der Waals surface area contributed by atoms with Gasteiger partial charge in [0.2, 0.25) is 0 Å². The molecule has 0 unspecified atom stereocenters. The molecule has 1 aromatic carbocycles. The molecule has 7 heteroatoms. The first-order valence-corrected chi connectivity index (χ1v) is 7.12. The minimum absolute atomic E-state index is 0.0886. The van der Waals surface area contributed by atoms with Crippen LogP contribution in [0.3, 0.4) is 0 Å². The second kappa shape index (κ2) is 6.17. The van der Waals surface area contributed by atoms with Crippen LogP contribution in [0.15, 0.2) is 47.6 Å². The molecule has 0 radical (unpaired) electrons. The Hall–Kier alpha value is -2.02. The highest BCUT2D eigenvalue weighted by Gasteiger charge is 2.30. The fraction of sp³-hybridized carbons (Fsp3) is 0.143. The zero-order chi connectivity index (χ0) is 15.5. The van der Waals surface area contributed by atoms with Gasteiger partial charge in [0.25, 0.3) is 5.91 Å². The van der Waals surface area contributed by atoms with Gasteiger partial charge >= 0.3 is 6.18 Å². The van der Waals surface area contributed by atoms with E-state index in [4.69, 9.17) is 0 Å². The van der Waals surface area contributed by atoms with E-state index < -0.39 is 17.6 Å². The molecule has 1 amide bonds. The van der Waals surface area contributed by atoms with E-state index in [1.807, 2.05) is 0 Å². The summed E-state index contributed by atoms with van der Waals surface area (Å²) in [5, 5.41) is 2.97. The summed E-state index contributed by atoms with van der Waals surface area (Å²) in [6.07, 6.45) is -1.13. The molecule has 0 fully saturated rings. The van der Waals surface area contributed by atoms with E-state index in [1.165, 1.54) is 23.9 Å². The number of benzene rings is 1. The second-order valence-electron chi connectivity index (χ2n) is 4.09. The molecule has 0 atom stereocenters. The van der Waals surface area contributed by atoms with Crippen molar-refractivity contribution >= 4 is 23.4 Å². The number of alkyl halides is 3. The molecule has 3 nitrogen and oxygen atoms in total. The molecule has 0 saturated carbocycles. The molecule has 110 valence electrons. The largest absolute Gasteiger partial charge is 0.416 e. The predicted octanol–water partition coefficient (Wildman–Crippen LogP) is 4.07. The van der Waals surface area contributed by atoms with Crippen molar-refractivity contribution < 1.29 is 18.0 Å². The van der Waals surface area contributed by atoms with Crippen LogP contribution < -0.4 is 5.32 Å². The molecule has 1 N–H and O–H groups in total. The lowest BCUT2D eigenvalue weighted by Gasteiger charge is -2.10. The van der Waals surface area contributed by atoms with E-state index in [1.54, 1.807) is 24.6 Å².